The van der Waals surface area contributed by atoms with E-state index in [4.69, 9.17) is 25.7 Å². The Morgan fingerprint density at radius 2 is 1.87 bits per heavy atom. The number of nitriles is 1. The van der Waals surface area contributed by atoms with Crippen LogP contribution in [-0.2, 0) is 9.47 Å². The fourth-order valence-corrected chi connectivity index (χ4v) is 2.19. The van der Waals surface area contributed by atoms with Crippen LogP contribution in [0.4, 0.5) is 11.8 Å². The molecule has 1 aromatic carbocycles. The van der Waals surface area contributed by atoms with Gasteiger partial charge in [0.15, 0.2) is 6.29 Å². The molecule has 0 amide bonds. The zero-order valence-corrected chi connectivity index (χ0v) is 12.2. The molecule has 8 heteroatoms. The summed E-state index contributed by atoms with van der Waals surface area (Å²) in [5.74, 6) is 0.736. The molecule has 0 spiro atoms. The first kappa shape index (κ1) is 15.0. The Labute approximate surface area is 132 Å². The zero-order chi connectivity index (χ0) is 16.2. The second-order valence-corrected chi connectivity index (χ2v) is 4.81. The standard InChI is InChI=1S/C15H15N5O3/c16-7-11-13(19-15(18)20-14(11)17)9-1-3-10(4-2-9)23-8-12-21-5-6-22-12/h1-4,12H,5-6,8H2,(H4,17,18,19,20). The zero-order valence-electron chi connectivity index (χ0n) is 12.2. The van der Waals surface area contributed by atoms with Gasteiger partial charge in [-0.05, 0) is 24.3 Å². The number of nitrogens with two attached hydrogens (primary N) is 2. The molecule has 1 saturated heterocycles. The molecule has 1 aromatic heterocycles. The van der Waals surface area contributed by atoms with Gasteiger partial charge in [0.1, 0.15) is 29.8 Å². The molecular formula is C15H15N5O3. The number of ether oxygens (including phenoxy) is 3. The highest BCUT2D eigenvalue weighted by molar-refractivity contribution is 5.73. The van der Waals surface area contributed by atoms with Crippen LogP contribution >= 0.6 is 0 Å². The number of hydrogen-bond acceptors (Lipinski definition) is 8. The van der Waals surface area contributed by atoms with Crippen LogP contribution in [0.5, 0.6) is 5.75 Å². The SMILES string of the molecule is N#Cc1c(N)nc(N)nc1-c1ccc(OCC2OCCO2)cc1. The number of hydrogen-bond donors (Lipinski definition) is 2. The van der Waals surface area contributed by atoms with Crippen LogP contribution in [0, 0.1) is 11.3 Å². The van der Waals surface area contributed by atoms with E-state index < -0.39 is 0 Å². The van der Waals surface area contributed by atoms with Gasteiger partial charge in [-0.1, -0.05) is 0 Å². The Bertz CT molecular complexity index is 736. The molecule has 1 fully saturated rings. The third-order valence-corrected chi connectivity index (χ3v) is 3.27. The molecule has 0 aliphatic carbocycles. The monoisotopic (exact) mass is 313 g/mol. The van der Waals surface area contributed by atoms with E-state index in [0.717, 1.165) is 0 Å². The van der Waals surface area contributed by atoms with Gasteiger partial charge in [0, 0.05) is 5.56 Å². The van der Waals surface area contributed by atoms with Gasteiger partial charge in [0.05, 0.1) is 18.9 Å². The van der Waals surface area contributed by atoms with Gasteiger partial charge in [-0.3, -0.25) is 0 Å². The molecule has 0 bridgehead atoms. The molecular weight excluding hydrogens is 298 g/mol. The van der Waals surface area contributed by atoms with Gasteiger partial charge in [-0.25, -0.2) is 4.98 Å². The molecule has 23 heavy (non-hydrogen) atoms. The Balaban J connectivity index is 1.78. The first-order valence-corrected chi connectivity index (χ1v) is 6.97. The highest BCUT2D eigenvalue weighted by atomic mass is 16.7. The molecule has 1 aliphatic heterocycles. The van der Waals surface area contributed by atoms with Crippen molar-refractivity contribution in [1.82, 2.24) is 9.97 Å². The second-order valence-electron chi connectivity index (χ2n) is 4.81. The van der Waals surface area contributed by atoms with Crippen LogP contribution in [0.25, 0.3) is 11.3 Å². The van der Waals surface area contributed by atoms with Crippen molar-refractivity contribution in [2.75, 3.05) is 31.3 Å². The average molecular weight is 313 g/mol. The lowest BCUT2D eigenvalue weighted by Crippen LogP contribution is -2.18. The molecule has 0 saturated carbocycles. The molecule has 4 N–H and O–H groups in total. The average Bonchev–Trinajstić information content (AvgIpc) is 3.06. The Morgan fingerprint density at radius 1 is 1.17 bits per heavy atom. The van der Waals surface area contributed by atoms with E-state index in [1.807, 2.05) is 6.07 Å². The molecule has 3 rings (SSSR count). The molecule has 0 unspecified atom stereocenters. The lowest BCUT2D eigenvalue weighted by atomic mass is 10.1. The minimum atomic E-state index is -0.332. The van der Waals surface area contributed by atoms with Gasteiger partial charge >= 0.3 is 0 Å². The van der Waals surface area contributed by atoms with Gasteiger partial charge in [0.25, 0.3) is 0 Å². The van der Waals surface area contributed by atoms with E-state index >= 15 is 0 Å². The molecule has 2 aromatic rings. The summed E-state index contributed by atoms with van der Waals surface area (Å²) in [5, 5.41) is 9.21. The third-order valence-electron chi connectivity index (χ3n) is 3.27. The summed E-state index contributed by atoms with van der Waals surface area (Å²) in [4.78, 5) is 7.89. The fourth-order valence-electron chi connectivity index (χ4n) is 2.19. The van der Waals surface area contributed by atoms with E-state index in [1.54, 1.807) is 24.3 Å². The van der Waals surface area contributed by atoms with Crippen molar-refractivity contribution in [3.63, 3.8) is 0 Å². The first-order chi connectivity index (χ1) is 11.2. The maximum absolute atomic E-state index is 9.21. The number of aromatic nitrogens is 2. The lowest BCUT2D eigenvalue weighted by Gasteiger charge is -2.11. The maximum atomic E-state index is 9.21. The van der Waals surface area contributed by atoms with Crippen LogP contribution in [0.3, 0.4) is 0 Å². The van der Waals surface area contributed by atoms with Crippen LogP contribution in [-0.4, -0.2) is 36.1 Å². The summed E-state index contributed by atoms with van der Waals surface area (Å²) in [7, 11) is 0. The number of benzene rings is 1. The Kier molecular flexibility index (Phi) is 4.23. The molecule has 118 valence electrons. The van der Waals surface area contributed by atoms with E-state index in [1.165, 1.54) is 0 Å². The molecule has 0 atom stereocenters. The van der Waals surface area contributed by atoms with Crippen LogP contribution in [0.1, 0.15) is 5.56 Å². The lowest BCUT2D eigenvalue weighted by molar-refractivity contribution is -0.0684. The minimum absolute atomic E-state index is 0.0207. The summed E-state index contributed by atoms with van der Waals surface area (Å²) in [6, 6.07) is 9.07. The van der Waals surface area contributed by atoms with Crippen molar-refractivity contribution in [1.29, 1.82) is 5.26 Å². The number of anilines is 2. The van der Waals surface area contributed by atoms with Crippen LogP contribution < -0.4 is 16.2 Å². The van der Waals surface area contributed by atoms with E-state index in [0.29, 0.717) is 36.8 Å². The number of nitrogens with zero attached hydrogens (tertiary/aromatic N) is 3. The van der Waals surface area contributed by atoms with E-state index in [2.05, 4.69) is 9.97 Å². The summed E-state index contributed by atoms with van der Waals surface area (Å²) < 4.78 is 16.2. The van der Waals surface area contributed by atoms with Crippen molar-refractivity contribution >= 4 is 11.8 Å². The summed E-state index contributed by atoms with van der Waals surface area (Å²) in [6.07, 6.45) is -0.332. The summed E-state index contributed by atoms with van der Waals surface area (Å²) >= 11 is 0. The Hall–Kier alpha value is -2.89. The summed E-state index contributed by atoms with van der Waals surface area (Å²) in [5.41, 5.74) is 12.6. The normalized spacial score (nSPS) is 14.6. The van der Waals surface area contributed by atoms with Gasteiger partial charge in [-0.15, -0.1) is 0 Å². The van der Waals surface area contributed by atoms with Gasteiger partial charge < -0.3 is 25.7 Å². The van der Waals surface area contributed by atoms with Crippen molar-refractivity contribution in [2.45, 2.75) is 6.29 Å². The van der Waals surface area contributed by atoms with Gasteiger partial charge in [-0.2, -0.15) is 10.2 Å². The predicted molar refractivity (Wildman–Crippen MR) is 82.2 cm³/mol. The number of nitrogen functional groups attached to an aromatic ring is 2. The highest BCUT2D eigenvalue weighted by Crippen LogP contribution is 2.27. The second kappa shape index (κ2) is 6.48. The molecule has 1 aliphatic rings. The number of rotatable bonds is 4. The topological polar surface area (TPSA) is 129 Å². The van der Waals surface area contributed by atoms with Crippen molar-refractivity contribution in [2.24, 2.45) is 0 Å². The Morgan fingerprint density at radius 3 is 2.52 bits per heavy atom. The molecule has 8 nitrogen and oxygen atoms in total. The fraction of sp³-hybridized carbons (Fsp3) is 0.267. The van der Waals surface area contributed by atoms with Crippen molar-refractivity contribution in [3.8, 4) is 23.1 Å². The quantitative estimate of drug-likeness (QED) is 0.852. The molecule has 0 radical (unpaired) electrons. The smallest absolute Gasteiger partial charge is 0.222 e. The predicted octanol–water partition coefficient (Wildman–Crippen LogP) is 0.931. The van der Waals surface area contributed by atoms with E-state index in [-0.39, 0.29) is 23.6 Å². The highest BCUT2D eigenvalue weighted by Gasteiger charge is 2.17. The minimum Gasteiger partial charge on any atom is -0.488 e. The van der Waals surface area contributed by atoms with Crippen molar-refractivity contribution in [3.05, 3.63) is 29.8 Å². The summed E-state index contributed by atoms with van der Waals surface area (Å²) in [6.45, 7) is 1.48. The van der Waals surface area contributed by atoms with Crippen molar-refractivity contribution < 1.29 is 14.2 Å². The van der Waals surface area contributed by atoms with E-state index in [9.17, 15) is 5.26 Å². The molecule has 2 heterocycles. The van der Waals surface area contributed by atoms with Crippen LogP contribution in [0.2, 0.25) is 0 Å². The third kappa shape index (κ3) is 3.31. The maximum Gasteiger partial charge on any atom is 0.222 e. The van der Waals surface area contributed by atoms with Gasteiger partial charge in [0.2, 0.25) is 5.95 Å². The van der Waals surface area contributed by atoms with Crippen LogP contribution in [0.15, 0.2) is 24.3 Å². The first-order valence-electron chi connectivity index (χ1n) is 6.97. The largest absolute Gasteiger partial charge is 0.488 e.